The topological polar surface area (TPSA) is 207 Å². The summed E-state index contributed by atoms with van der Waals surface area (Å²) in [4.78, 5) is 84.8. The minimum absolute atomic E-state index is 0.135. The first-order chi connectivity index (χ1) is 29.3. The molecule has 3 atom stereocenters. The number of piperazine rings is 1. The van der Waals surface area contributed by atoms with Gasteiger partial charge in [0.15, 0.2) is 0 Å². The maximum absolute atomic E-state index is 13.9. The lowest BCUT2D eigenvalue weighted by Gasteiger charge is -2.42. The van der Waals surface area contributed by atoms with Gasteiger partial charge in [-0.15, -0.1) is 0 Å². The van der Waals surface area contributed by atoms with E-state index in [0.29, 0.717) is 30.4 Å². The molecule has 4 aromatic rings. The smallest absolute Gasteiger partial charge is 0.407 e. The number of hydrogen-bond donors (Lipinski definition) is 5. The Hall–Kier alpha value is -6.83. The van der Waals surface area contributed by atoms with Gasteiger partial charge in [-0.3, -0.25) is 9.59 Å². The van der Waals surface area contributed by atoms with E-state index in [-0.39, 0.29) is 49.3 Å². The number of benzene rings is 2. The van der Waals surface area contributed by atoms with E-state index in [4.69, 9.17) is 14.5 Å². The summed E-state index contributed by atoms with van der Waals surface area (Å²) >= 11 is 0. The number of carbonyl (C=O) groups is 5. The fourth-order valence-electron chi connectivity index (χ4n) is 6.96. The van der Waals surface area contributed by atoms with Crippen molar-refractivity contribution < 1.29 is 33.4 Å². The second-order valence-corrected chi connectivity index (χ2v) is 15.3. The predicted molar refractivity (Wildman–Crippen MR) is 229 cm³/mol. The zero-order valence-corrected chi connectivity index (χ0v) is 36.0. The number of H-pyrrole nitrogens is 2. The SMILES string of the molecule is CCCN(Cc1ncc(-c2ccc(C#Cc3ccc(-c4c[nH]c([C@@H]5CN(C(=O)NC)CCN5C(=O)[C@@H](NC(=O)OC)C(C)C)n4)cc3)cc2)[nH]1)C(=O)[C@@H](NC(=O)OC)C(C)C. The second kappa shape index (κ2) is 20.9. The van der Waals surface area contributed by atoms with Gasteiger partial charge in [0.05, 0.1) is 44.9 Å². The Morgan fingerprint density at radius 3 is 2.02 bits per heavy atom. The lowest BCUT2D eigenvalue weighted by atomic mass is 10.0. The van der Waals surface area contributed by atoms with Crippen LogP contribution in [0.5, 0.6) is 0 Å². The number of urea groups is 1. The molecular formula is C44H56N10O7. The van der Waals surface area contributed by atoms with Crippen LogP contribution in [0, 0.1) is 23.7 Å². The molecule has 6 amide bonds. The van der Waals surface area contributed by atoms with Crippen LogP contribution >= 0.6 is 0 Å². The highest BCUT2D eigenvalue weighted by Gasteiger charge is 2.39. The lowest BCUT2D eigenvalue weighted by Crippen LogP contribution is -2.59. The number of methoxy groups -OCH3 is 2. The zero-order valence-electron chi connectivity index (χ0n) is 36.0. The normalized spacial score (nSPS) is 14.7. The molecule has 17 nitrogen and oxygen atoms in total. The van der Waals surface area contributed by atoms with Crippen molar-refractivity contribution in [2.24, 2.45) is 11.8 Å². The van der Waals surface area contributed by atoms with Crippen LogP contribution in [0.25, 0.3) is 22.5 Å². The van der Waals surface area contributed by atoms with Crippen molar-refractivity contribution >= 4 is 30.0 Å². The third kappa shape index (κ3) is 11.5. The molecule has 1 saturated heterocycles. The molecule has 2 aromatic heterocycles. The van der Waals surface area contributed by atoms with E-state index in [1.165, 1.54) is 14.2 Å². The molecule has 0 bridgehead atoms. The number of aromatic nitrogens is 4. The van der Waals surface area contributed by atoms with Gasteiger partial charge >= 0.3 is 18.2 Å². The highest BCUT2D eigenvalue weighted by molar-refractivity contribution is 5.87. The van der Waals surface area contributed by atoms with Gasteiger partial charge in [-0.05, 0) is 48.1 Å². The summed E-state index contributed by atoms with van der Waals surface area (Å²) in [6, 6.07) is 13.0. The monoisotopic (exact) mass is 836 g/mol. The van der Waals surface area contributed by atoms with Crippen LogP contribution in [0.1, 0.15) is 69.9 Å². The standard InChI is InChI=1S/C44H56N10O7/c1-9-20-52(40(55)37(27(2)3)50-43(58)60-7)26-36-46-23-33(48-36)31-16-12-29(13-17-31)10-11-30-14-18-32(19-15-30)34-24-47-39(49-34)35-25-53(42(57)45-6)21-22-54(35)41(56)38(28(4)5)51-44(59)61-8/h12-19,23-24,27-28,35,37-38H,9,20-22,25-26H2,1-8H3,(H,45,57)(H,46,48)(H,47,49)(H,50,58)(H,51,59)/t35-,37-,38-/m0/s1. The van der Waals surface area contributed by atoms with Crippen molar-refractivity contribution in [3.63, 3.8) is 0 Å². The molecule has 1 aliphatic heterocycles. The van der Waals surface area contributed by atoms with Gasteiger partial charge in [-0.2, -0.15) is 0 Å². The molecule has 0 aliphatic carbocycles. The first kappa shape index (κ1) is 45.3. The average molecular weight is 837 g/mol. The highest BCUT2D eigenvalue weighted by atomic mass is 16.5. The van der Waals surface area contributed by atoms with E-state index in [2.05, 4.69) is 42.7 Å². The molecule has 0 radical (unpaired) electrons. The van der Waals surface area contributed by atoms with Gasteiger partial charge in [-0.25, -0.2) is 24.4 Å². The lowest BCUT2D eigenvalue weighted by molar-refractivity contribution is -0.139. The molecule has 324 valence electrons. The first-order valence-corrected chi connectivity index (χ1v) is 20.3. The third-order valence-corrected chi connectivity index (χ3v) is 10.4. The van der Waals surface area contributed by atoms with Gasteiger partial charge in [-0.1, -0.05) is 70.7 Å². The first-order valence-electron chi connectivity index (χ1n) is 20.3. The fourth-order valence-corrected chi connectivity index (χ4v) is 6.96. The fraction of sp³-hybridized carbons (Fsp3) is 0.432. The Kier molecular flexibility index (Phi) is 15.5. The van der Waals surface area contributed by atoms with Gasteiger partial charge in [0.25, 0.3) is 0 Å². The van der Waals surface area contributed by atoms with E-state index in [1.54, 1.807) is 34.1 Å². The average Bonchev–Trinajstić information content (AvgIpc) is 3.96. The molecule has 1 fully saturated rings. The number of ether oxygens (including phenoxy) is 2. The van der Waals surface area contributed by atoms with E-state index in [1.807, 2.05) is 83.1 Å². The van der Waals surface area contributed by atoms with Crippen LogP contribution in [-0.4, -0.2) is 124 Å². The van der Waals surface area contributed by atoms with Crippen LogP contribution in [-0.2, 0) is 25.6 Å². The van der Waals surface area contributed by atoms with E-state index < -0.39 is 30.3 Å². The summed E-state index contributed by atoms with van der Waals surface area (Å²) in [5.74, 6) is 6.72. The van der Waals surface area contributed by atoms with E-state index in [9.17, 15) is 24.0 Å². The molecule has 3 heterocycles. The summed E-state index contributed by atoms with van der Waals surface area (Å²) < 4.78 is 9.50. The van der Waals surface area contributed by atoms with Crippen molar-refractivity contribution in [2.75, 3.05) is 47.4 Å². The van der Waals surface area contributed by atoms with Crippen molar-refractivity contribution in [1.29, 1.82) is 0 Å². The summed E-state index contributed by atoms with van der Waals surface area (Å²) in [5, 5.41) is 7.97. The van der Waals surface area contributed by atoms with Gasteiger partial charge < -0.3 is 50.1 Å². The maximum Gasteiger partial charge on any atom is 0.407 e. The van der Waals surface area contributed by atoms with Crippen molar-refractivity contribution in [3.05, 3.63) is 83.7 Å². The van der Waals surface area contributed by atoms with E-state index in [0.717, 1.165) is 34.4 Å². The van der Waals surface area contributed by atoms with Crippen molar-refractivity contribution in [2.45, 2.75) is 65.7 Å². The number of aromatic amines is 2. The number of carbonyl (C=O) groups excluding carboxylic acids is 5. The van der Waals surface area contributed by atoms with Crippen LogP contribution in [0.15, 0.2) is 60.9 Å². The maximum atomic E-state index is 13.9. The largest absolute Gasteiger partial charge is 0.453 e. The van der Waals surface area contributed by atoms with Crippen LogP contribution in [0.2, 0.25) is 0 Å². The molecule has 0 unspecified atom stereocenters. The van der Waals surface area contributed by atoms with Gasteiger partial charge in [0.2, 0.25) is 11.8 Å². The Bertz CT molecular complexity index is 2200. The quantitative estimate of drug-likeness (QED) is 0.116. The Morgan fingerprint density at radius 2 is 1.46 bits per heavy atom. The van der Waals surface area contributed by atoms with Crippen LogP contribution < -0.4 is 16.0 Å². The molecule has 1 aliphatic rings. The molecule has 0 spiro atoms. The Balaban J connectivity index is 1.25. The number of hydrogen-bond acceptors (Lipinski definition) is 9. The minimum atomic E-state index is -0.831. The molecule has 17 heteroatoms. The number of rotatable bonds is 13. The van der Waals surface area contributed by atoms with Crippen molar-refractivity contribution in [3.8, 4) is 34.4 Å². The number of nitrogens with one attached hydrogen (secondary N) is 5. The van der Waals surface area contributed by atoms with Gasteiger partial charge in [0.1, 0.15) is 29.8 Å². The Morgan fingerprint density at radius 1 is 0.869 bits per heavy atom. The predicted octanol–water partition coefficient (Wildman–Crippen LogP) is 4.89. The van der Waals surface area contributed by atoms with Gasteiger partial charge in [0, 0.05) is 49.6 Å². The van der Waals surface area contributed by atoms with E-state index >= 15 is 0 Å². The minimum Gasteiger partial charge on any atom is -0.453 e. The molecular weight excluding hydrogens is 781 g/mol. The van der Waals surface area contributed by atoms with Crippen molar-refractivity contribution in [1.82, 2.24) is 50.6 Å². The summed E-state index contributed by atoms with van der Waals surface area (Å²) in [6.45, 7) is 11.0. The number of nitrogens with zero attached hydrogens (tertiary/aromatic N) is 5. The summed E-state index contributed by atoms with van der Waals surface area (Å²) in [5.41, 5.74) is 4.82. The summed E-state index contributed by atoms with van der Waals surface area (Å²) in [7, 11) is 4.08. The third-order valence-electron chi connectivity index (χ3n) is 10.4. The molecule has 5 rings (SSSR count). The number of amides is 6. The molecule has 5 N–H and O–H groups in total. The van der Waals surface area contributed by atoms with Crippen LogP contribution in [0.3, 0.4) is 0 Å². The molecule has 2 aromatic carbocycles. The number of imidazole rings is 2. The molecule has 61 heavy (non-hydrogen) atoms. The second-order valence-electron chi connectivity index (χ2n) is 15.3. The summed E-state index contributed by atoms with van der Waals surface area (Å²) in [6.07, 6.45) is 2.89. The Labute approximate surface area is 356 Å². The number of alkyl carbamates (subject to hydrolysis) is 2. The molecule has 0 saturated carbocycles. The highest BCUT2D eigenvalue weighted by Crippen LogP contribution is 2.28. The van der Waals surface area contributed by atoms with Crippen LogP contribution in [0.4, 0.5) is 14.4 Å². The zero-order chi connectivity index (χ0) is 44.2.